The number of nitrogens with zero attached hydrogens (tertiary/aromatic N) is 4. The molecule has 0 saturated heterocycles. The van der Waals surface area contributed by atoms with Crippen LogP contribution in [0.5, 0.6) is 0 Å². The van der Waals surface area contributed by atoms with Crippen molar-refractivity contribution in [2.24, 2.45) is 0 Å². The molecular formula is C77H50N4. The zero-order chi connectivity index (χ0) is 53.8. The molecule has 0 fully saturated rings. The highest BCUT2D eigenvalue weighted by Gasteiger charge is 2.21. The van der Waals surface area contributed by atoms with Crippen molar-refractivity contribution in [2.75, 3.05) is 9.80 Å². The highest BCUT2D eigenvalue weighted by Crippen LogP contribution is 2.44. The Morgan fingerprint density at radius 1 is 0.222 bits per heavy atom. The Kier molecular flexibility index (Phi) is 11.5. The summed E-state index contributed by atoms with van der Waals surface area (Å²) in [5, 5.41) is 22.6. The van der Waals surface area contributed by atoms with Crippen molar-refractivity contribution >= 4 is 99.0 Å². The molecule has 0 aliphatic carbocycles. The fraction of sp³-hybridized carbons (Fsp3) is 0. The van der Waals surface area contributed by atoms with Crippen molar-refractivity contribution in [1.29, 1.82) is 5.26 Å². The van der Waals surface area contributed by atoms with Crippen LogP contribution < -0.4 is 9.80 Å². The number of aromatic nitrogens is 1. The number of benzene rings is 14. The van der Waals surface area contributed by atoms with Gasteiger partial charge in [-0.3, -0.25) is 0 Å². The first kappa shape index (κ1) is 47.2. The number of fused-ring (bicyclic) bond motifs is 7. The van der Waals surface area contributed by atoms with Gasteiger partial charge in [0.15, 0.2) is 6.19 Å². The van der Waals surface area contributed by atoms with Gasteiger partial charge in [0.25, 0.3) is 0 Å². The molecule has 1 aromatic heterocycles. The molecule has 0 radical (unpaired) electrons. The lowest BCUT2D eigenvalue weighted by Crippen LogP contribution is -2.10. The Bertz CT molecular complexity index is 4380. The van der Waals surface area contributed by atoms with E-state index in [4.69, 9.17) is 0 Å². The monoisotopic (exact) mass is 1030 g/mol. The first-order valence-corrected chi connectivity index (χ1v) is 27.5. The maximum absolute atomic E-state index is 10.9. The lowest BCUT2D eigenvalue weighted by molar-refractivity contribution is 1.20. The van der Waals surface area contributed by atoms with Crippen LogP contribution in [0.4, 0.5) is 34.1 Å². The minimum atomic E-state index is 0.845. The fourth-order valence-electron chi connectivity index (χ4n) is 12.0. The minimum Gasteiger partial charge on any atom is -0.310 e. The van der Waals surface area contributed by atoms with Gasteiger partial charge in [0, 0.05) is 44.9 Å². The molecule has 4 heteroatoms. The summed E-state index contributed by atoms with van der Waals surface area (Å²) in [5.41, 5.74) is 17.0. The maximum atomic E-state index is 10.9. The number of anilines is 6. The number of hydrogen-bond acceptors (Lipinski definition) is 3. The summed E-state index contributed by atoms with van der Waals surface area (Å²) in [6.45, 7) is 0. The van der Waals surface area contributed by atoms with Gasteiger partial charge < -0.3 is 9.80 Å². The van der Waals surface area contributed by atoms with Gasteiger partial charge in [-0.1, -0.05) is 194 Å². The second kappa shape index (κ2) is 19.8. The zero-order valence-electron chi connectivity index (χ0n) is 44.2. The van der Waals surface area contributed by atoms with E-state index in [2.05, 4.69) is 319 Å². The average Bonchev–Trinajstić information content (AvgIpc) is 4.08. The molecule has 0 unspecified atom stereocenters. The Labute approximate surface area is 470 Å². The highest BCUT2D eigenvalue weighted by atomic mass is 15.1. The van der Waals surface area contributed by atoms with Crippen molar-refractivity contribution in [3.63, 3.8) is 0 Å². The van der Waals surface area contributed by atoms with E-state index in [0.717, 1.165) is 78.2 Å². The van der Waals surface area contributed by atoms with E-state index in [-0.39, 0.29) is 0 Å². The molecule has 0 saturated carbocycles. The van der Waals surface area contributed by atoms with Crippen LogP contribution in [0.2, 0.25) is 0 Å². The molecule has 4 nitrogen and oxygen atoms in total. The van der Waals surface area contributed by atoms with Gasteiger partial charge in [0.05, 0.1) is 11.0 Å². The van der Waals surface area contributed by atoms with Crippen molar-refractivity contribution in [3.05, 3.63) is 303 Å². The molecule has 81 heavy (non-hydrogen) atoms. The minimum absolute atomic E-state index is 0.845. The van der Waals surface area contributed by atoms with Crippen LogP contribution in [0, 0.1) is 11.5 Å². The van der Waals surface area contributed by atoms with E-state index in [0.29, 0.717) is 0 Å². The van der Waals surface area contributed by atoms with Crippen LogP contribution in [0.25, 0.3) is 109 Å². The third-order valence-corrected chi connectivity index (χ3v) is 16.2. The Balaban J connectivity index is 0.852. The normalized spacial score (nSPS) is 11.4. The molecule has 15 aromatic rings. The van der Waals surface area contributed by atoms with Crippen molar-refractivity contribution in [2.45, 2.75) is 0 Å². The molecule has 0 spiro atoms. The molecule has 0 bridgehead atoms. The average molecular weight is 1030 g/mol. The van der Waals surface area contributed by atoms with Gasteiger partial charge in [0.2, 0.25) is 0 Å². The van der Waals surface area contributed by atoms with Gasteiger partial charge in [0.1, 0.15) is 0 Å². The molecule has 0 aliphatic rings. The largest absolute Gasteiger partial charge is 0.310 e. The lowest BCUT2D eigenvalue weighted by Gasteiger charge is -2.26. The van der Waals surface area contributed by atoms with Crippen LogP contribution in [0.1, 0.15) is 0 Å². The predicted octanol–water partition coefficient (Wildman–Crippen LogP) is 21.3. The molecule has 0 atom stereocenters. The van der Waals surface area contributed by atoms with E-state index >= 15 is 0 Å². The lowest BCUT2D eigenvalue weighted by atomic mass is 10.00. The van der Waals surface area contributed by atoms with Gasteiger partial charge >= 0.3 is 0 Å². The summed E-state index contributed by atoms with van der Waals surface area (Å²) in [6, 6.07) is 109. The zero-order valence-corrected chi connectivity index (χ0v) is 44.2. The van der Waals surface area contributed by atoms with E-state index < -0.39 is 0 Å². The van der Waals surface area contributed by atoms with Crippen LogP contribution in [0.3, 0.4) is 0 Å². The van der Waals surface area contributed by atoms with Crippen molar-refractivity contribution in [1.82, 2.24) is 4.57 Å². The molecular weight excluding hydrogens is 981 g/mol. The molecule has 0 aliphatic heterocycles. The second-order valence-electron chi connectivity index (χ2n) is 20.9. The van der Waals surface area contributed by atoms with Gasteiger partial charge in [-0.05, 0) is 197 Å². The Morgan fingerprint density at radius 3 is 0.716 bits per heavy atom. The first-order chi connectivity index (χ1) is 40.0. The molecule has 378 valence electrons. The molecule has 1 heterocycles. The quantitative estimate of drug-likeness (QED) is 0.137. The van der Waals surface area contributed by atoms with Crippen LogP contribution in [-0.2, 0) is 0 Å². The summed E-state index contributed by atoms with van der Waals surface area (Å²) in [7, 11) is 0. The molecule has 14 aromatic carbocycles. The third kappa shape index (κ3) is 8.67. The van der Waals surface area contributed by atoms with E-state index in [1.54, 1.807) is 4.57 Å². The van der Waals surface area contributed by atoms with E-state index in [9.17, 15) is 5.26 Å². The van der Waals surface area contributed by atoms with Crippen LogP contribution in [0.15, 0.2) is 303 Å². The third-order valence-electron chi connectivity index (χ3n) is 16.2. The number of hydrogen-bond donors (Lipinski definition) is 0. The van der Waals surface area contributed by atoms with Crippen molar-refractivity contribution < 1.29 is 0 Å². The highest BCUT2D eigenvalue weighted by molar-refractivity contribution is 6.12. The van der Waals surface area contributed by atoms with Crippen LogP contribution >= 0.6 is 0 Å². The van der Waals surface area contributed by atoms with Crippen LogP contribution in [-0.4, -0.2) is 4.57 Å². The summed E-state index contributed by atoms with van der Waals surface area (Å²) in [6.07, 6.45) is 2.54. The summed E-state index contributed by atoms with van der Waals surface area (Å²) >= 11 is 0. The topological polar surface area (TPSA) is 35.2 Å². The summed E-state index contributed by atoms with van der Waals surface area (Å²) in [5.74, 6) is 0. The van der Waals surface area contributed by atoms with Gasteiger partial charge in [-0.25, -0.2) is 4.57 Å². The van der Waals surface area contributed by atoms with Gasteiger partial charge in [-0.15, -0.1) is 0 Å². The summed E-state index contributed by atoms with van der Waals surface area (Å²) < 4.78 is 1.76. The molecule has 15 rings (SSSR count). The maximum Gasteiger partial charge on any atom is 0.189 e. The van der Waals surface area contributed by atoms with E-state index in [1.807, 2.05) is 0 Å². The fourth-order valence-corrected chi connectivity index (χ4v) is 12.0. The Morgan fingerprint density at radius 2 is 0.457 bits per heavy atom. The number of nitriles is 1. The smallest absolute Gasteiger partial charge is 0.189 e. The predicted molar refractivity (Wildman–Crippen MR) is 342 cm³/mol. The Hall–Kier alpha value is -11.0. The number of rotatable bonds is 10. The summed E-state index contributed by atoms with van der Waals surface area (Å²) in [4.78, 5) is 4.65. The first-order valence-electron chi connectivity index (χ1n) is 27.5. The standard InChI is InChI=1S/C77H50N4/c78-51-79-76-43-41-72(80(68-33-25-56(26-34-68)64-21-17-52-9-1-5-13-60(52)45-64)69-35-27-57(28-36-69)65-22-18-53-10-2-6-14-61(53)46-65)49-74(76)75-50-73(42-44-77(75)79)81(70-37-29-58(30-38-70)66-23-19-54-11-3-7-15-62(54)47-66)71-39-31-59(32-40-71)67-24-20-55-12-4-8-16-63(55)48-67/h1-50H. The molecule has 0 amide bonds. The molecule has 0 N–H and O–H groups in total. The SMILES string of the molecule is N#Cn1c2ccc(N(c3ccc(-c4ccc5ccccc5c4)cc3)c3ccc(-c4ccc5ccccc5c4)cc3)cc2c2cc(N(c3ccc(-c4ccc5ccccc5c4)cc3)c3ccc(-c4ccc5ccccc5c4)cc3)ccc21. The second-order valence-corrected chi connectivity index (χ2v) is 20.9. The van der Waals surface area contributed by atoms with Gasteiger partial charge in [-0.2, -0.15) is 5.26 Å². The van der Waals surface area contributed by atoms with Crippen molar-refractivity contribution in [3.8, 4) is 50.7 Å². The van der Waals surface area contributed by atoms with E-state index in [1.165, 1.54) is 65.3 Å².